The number of benzene rings is 2. The molecule has 0 aliphatic carbocycles. The fraction of sp³-hybridized carbons (Fsp3) is 0. The van der Waals surface area contributed by atoms with Gasteiger partial charge in [0.2, 0.25) is 5.95 Å². The standard InChI is InChI=1S/C19H15N5O/c20-19-23-17(13-5-3-6-15(25)9-13)10-18(24-19)22-14-8-12-4-1-2-7-16(12)21-11-14/h1-11,25H,(H3,20,22,23,24). The highest BCUT2D eigenvalue weighted by molar-refractivity contribution is 5.82. The number of hydrogen-bond donors (Lipinski definition) is 3. The number of nitrogen functional groups attached to an aromatic ring is 1. The van der Waals surface area contributed by atoms with Crippen molar-refractivity contribution in [2.45, 2.75) is 0 Å². The van der Waals surface area contributed by atoms with E-state index in [0.717, 1.165) is 22.2 Å². The second kappa shape index (κ2) is 6.09. The van der Waals surface area contributed by atoms with Crippen LogP contribution < -0.4 is 11.1 Å². The van der Waals surface area contributed by atoms with Crippen molar-refractivity contribution in [1.82, 2.24) is 15.0 Å². The number of nitrogens with one attached hydrogen (secondary N) is 1. The fourth-order valence-electron chi connectivity index (χ4n) is 2.63. The van der Waals surface area contributed by atoms with E-state index in [0.29, 0.717) is 11.5 Å². The van der Waals surface area contributed by atoms with E-state index in [-0.39, 0.29) is 11.7 Å². The summed E-state index contributed by atoms with van der Waals surface area (Å²) in [4.78, 5) is 12.9. The second-order valence-electron chi connectivity index (χ2n) is 5.59. The van der Waals surface area contributed by atoms with E-state index in [1.54, 1.807) is 30.5 Å². The van der Waals surface area contributed by atoms with Crippen molar-refractivity contribution in [1.29, 1.82) is 0 Å². The largest absolute Gasteiger partial charge is 0.508 e. The van der Waals surface area contributed by atoms with Crippen molar-refractivity contribution in [3.05, 3.63) is 66.9 Å². The van der Waals surface area contributed by atoms with E-state index in [1.807, 2.05) is 36.4 Å². The maximum atomic E-state index is 9.65. The van der Waals surface area contributed by atoms with Crippen LogP contribution in [0.25, 0.3) is 22.2 Å². The summed E-state index contributed by atoms with van der Waals surface area (Å²) in [7, 11) is 0. The summed E-state index contributed by atoms with van der Waals surface area (Å²) in [5.41, 5.74) is 8.95. The Balaban J connectivity index is 1.70. The number of para-hydroxylation sites is 1. The number of aromatic hydroxyl groups is 1. The maximum absolute atomic E-state index is 9.65. The lowest BCUT2D eigenvalue weighted by Gasteiger charge is -2.09. The number of hydrogen-bond acceptors (Lipinski definition) is 6. The van der Waals surface area contributed by atoms with Gasteiger partial charge in [-0.1, -0.05) is 30.3 Å². The van der Waals surface area contributed by atoms with Crippen LogP contribution in [0.2, 0.25) is 0 Å². The molecule has 2 aromatic carbocycles. The Labute approximate surface area is 144 Å². The van der Waals surface area contributed by atoms with E-state index < -0.39 is 0 Å². The van der Waals surface area contributed by atoms with Crippen LogP contribution in [0.3, 0.4) is 0 Å². The number of phenolic OH excluding ortho intramolecular Hbond substituents is 1. The summed E-state index contributed by atoms with van der Waals surface area (Å²) < 4.78 is 0. The van der Waals surface area contributed by atoms with E-state index in [9.17, 15) is 5.11 Å². The molecule has 2 aromatic heterocycles. The molecule has 0 aliphatic rings. The molecule has 4 rings (SSSR count). The number of nitrogens with zero attached hydrogens (tertiary/aromatic N) is 3. The highest BCUT2D eigenvalue weighted by Gasteiger charge is 2.07. The smallest absolute Gasteiger partial charge is 0.222 e. The molecule has 0 radical (unpaired) electrons. The van der Waals surface area contributed by atoms with Gasteiger partial charge in [-0.05, 0) is 24.3 Å². The first-order valence-corrected chi connectivity index (χ1v) is 7.73. The van der Waals surface area contributed by atoms with E-state index in [1.165, 1.54) is 0 Å². The predicted molar refractivity (Wildman–Crippen MR) is 98.6 cm³/mol. The molecule has 4 aromatic rings. The highest BCUT2D eigenvalue weighted by Crippen LogP contribution is 2.26. The number of aromatic nitrogens is 3. The fourth-order valence-corrected chi connectivity index (χ4v) is 2.63. The molecule has 0 atom stereocenters. The average molecular weight is 329 g/mol. The van der Waals surface area contributed by atoms with Gasteiger partial charge in [-0.25, -0.2) is 4.98 Å². The number of fused-ring (bicyclic) bond motifs is 1. The molecule has 6 nitrogen and oxygen atoms in total. The molecular weight excluding hydrogens is 314 g/mol. The third kappa shape index (κ3) is 3.18. The lowest BCUT2D eigenvalue weighted by atomic mass is 10.1. The van der Waals surface area contributed by atoms with Crippen LogP contribution in [0.1, 0.15) is 0 Å². The van der Waals surface area contributed by atoms with Crippen molar-refractivity contribution < 1.29 is 5.11 Å². The highest BCUT2D eigenvalue weighted by atomic mass is 16.3. The summed E-state index contributed by atoms with van der Waals surface area (Å²) in [6.45, 7) is 0. The summed E-state index contributed by atoms with van der Waals surface area (Å²) in [5, 5.41) is 13.9. The molecule has 0 saturated carbocycles. The number of phenols is 1. The first-order valence-electron chi connectivity index (χ1n) is 7.73. The average Bonchev–Trinajstić information content (AvgIpc) is 2.61. The Morgan fingerprint density at radius 3 is 2.68 bits per heavy atom. The molecule has 4 N–H and O–H groups in total. The Bertz CT molecular complexity index is 1060. The van der Waals surface area contributed by atoms with Crippen molar-refractivity contribution >= 4 is 28.4 Å². The van der Waals surface area contributed by atoms with Gasteiger partial charge in [0.15, 0.2) is 0 Å². The van der Waals surface area contributed by atoms with Crippen LogP contribution in [-0.2, 0) is 0 Å². The quantitative estimate of drug-likeness (QED) is 0.530. The zero-order valence-electron chi connectivity index (χ0n) is 13.2. The summed E-state index contributed by atoms with van der Waals surface area (Å²) in [6, 6.07) is 18.5. The van der Waals surface area contributed by atoms with Crippen LogP contribution >= 0.6 is 0 Å². The molecule has 25 heavy (non-hydrogen) atoms. The predicted octanol–water partition coefficient (Wildman–Crippen LogP) is 3.72. The van der Waals surface area contributed by atoms with E-state index in [2.05, 4.69) is 20.3 Å². The minimum Gasteiger partial charge on any atom is -0.508 e. The summed E-state index contributed by atoms with van der Waals surface area (Å²) >= 11 is 0. The summed E-state index contributed by atoms with van der Waals surface area (Å²) in [5.74, 6) is 0.878. The van der Waals surface area contributed by atoms with Gasteiger partial charge >= 0.3 is 0 Å². The zero-order valence-corrected chi connectivity index (χ0v) is 13.2. The van der Waals surface area contributed by atoms with Crippen LogP contribution in [0, 0.1) is 0 Å². The van der Waals surface area contributed by atoms with Crippen molar-refractivity contribution in [2.75, 3.05) is 11.1 Å². The first-order chi connectivity index (χ1) is 12.2. The molecule has 0 bridgehead atoms. The number of nitrogens with two attached hydrogens (primary N) is 1. The molecule has 122 valence electrons. The van der Waals surface area contributed by atoms with Crippen LogP contribution in [0.4, 0.5) is 17.5 Å². The third-order valence-corrected chi connectivity index (χ3v) is 3.75. The SMILES string of the molecule is Nc1nc(Nc2cnc3ccccc3c2)cc(-c2cccc(O)c2)n1. The van der Waals surface area contributed by atoms with Gasteiger partial charge in [-0.2, -0.15) is 4.98 Å². The Morgan fingerprint density at radius 2 is 1.80 bits per heavy atom. The zero-order chi connectivity index (χ0) is 17.2. The minimum atomic E-state index is 0.150. The van der Waals surface area contributed by atoms with Gasteiger partial charge in [0.25, 0.3) is 0 Å². The van der Waals surface area contributed by atoms with Gasteiger partial charge in [0.1, 0.15) is 11.6 Å². The monoisotopic (exact) mass is 329 g/mol. The number of pyridine rings is 1. The molecule has 0 unspecified atom stereocenters. The van der Waals surface area contributed by atoms with Crippen molar-refractivity contribution in [2.24, 2.45) is 0 Å². The van der Waals surface area contributed by atoms with E-state index in [4.69, 9.17) is 5.73 Å². The van der Waals surface area contributed by atoms with Crippen LogP contribution in [0.5, 0.6) is 5.75 Å². The minimum absolute atomic E-state index is 0.150. The lowest BCUT2D eigenvalue weighted by Crippen LogP contribution is -2.01. The molecule has 2 heterocycles. The normalized spacial score (nSPS) is 10.7. The molecule has 0 saturated heterocycles. The van der Waals surface area contributed by atoms with Gasteiger partial charge in [0.05, 0.1) is 23.1 Å². The maximum Gasteiger partial charge on any atom is 0.222 e. The van der Waals surface area contributed by atoms with Crippen molar-refractivity contribution in [3.63, 3.8) is 0 Å². The van der Waals surface area contributed by atoms with E-state index >= 15 is 0 Å². The summed E-state index contributed by atoms with van der Waals surface area (Å²) in [6.07, 6.45) is 1.74. The number of rotatable bonds is 3. The molecular formula is C19H15N5O. The molecule has 0 fully saturated rings. The molecule has 6 heteroatoms. The lowest BCUT2D eigenvalue weighted by molar-refractivity contribution is 0.475. The first kappa shape index (κ1) is 14.9. The molecule has 0 aliphatic heterocycles. The number of anilines is 3. The van der Waals surface area contributed by atoms with Crippen molar-refractivity contribution in [3.8, 4) is 17.0 Å². The van der Waals surface area contributed by atoms with Gasteiger partial charge in [-0.3, -0.25) is 4.98 Å². The van der Waals surface area contributed by atoms with Gasteiger partial charge in [-0.15, -0.1) is 0 Å². The Morgan fingerprint density at radius 1 is 0.920 bits per heavy atom. The Kier molecular flexibility index (Phi) is 3.63. The van der Waals surface area contributed by atoms with Gasteiger partial charge in [0, 0.05) is 17.0 Å². The second-order valence-corrected chi connectivity index (χ2v) is 5.59. The molecule has 0 amide bonds. The van der Waals surface area contributed by atoms with Gasteiger partial charge < -0.3 is 16.2 Å². The molecule has 0 spiro atoms. The third-order valence-electron chi connectivity index (χ3n) is 3.75. The Hall–Kier alpha value is -3.67. The van der Waals surface area contributed by atoms with Crippen LogP contribution in [-0.4, -0.2) is 20.1 Å². The van der Waals surface area contributed by atoms with Crippen LogP contribution in [0.15, 0.2) is 66.9 Å². The topological polar surface area (TPSA) is 97.0 Å².